The van der Waals surface area contributed by atoms with Crippen LogP contribution in [-0.4, -0.2) is 48.0 Å². The lowest BCUT2D eigenvalue weighted by atomic mass is 10.1. The minimum absolute atomic E-state index is 0.169. The molecule has 2 N–H and O–H groups in total. The fourth-order valence-corrected chi connectivity index (χ4v) is 4.08. The van der Waals surface area contributed by atoms with Gasteiger partial charge in [-0.3, -0.25) is 4.79 Å². The van der Waals surface area contributed by atoms with Crippen molar-refractivity contribution in [3.63, 3.8) is 0 Å². The molecule has 0 atom stereocenters. The lowest BCUT2D eigenvalue weighted by Crippen LogP contribution is -2.50. The van der Waals surface area contributed by atoms with Crippen molar-refractivity contribution in [1.29, 1.82) is 0 Å². The van der Waals surface area contributed by atoms with Gasteiger partial charge in [0.2, 0.25) is 0 Å². The molecule has 1 aliphatic heterocycles. The quantitative estimate of drug-likeness (QED) is 0.442. The smallest absolute Gasteiger partial charge is 0.322 e. The Morgan fingerprint density at radius 1 is 0.800 bits per heavy atom. The van der Waals surface area contributed by atoms with Crippen LogP contribution < -0.4 is 15.5 Å². The van der Waals surface area contributed by atoms with Gasteiger partial charge in [0, 0.05) is 31.7 Å². The summed E-state index contributed by atoms with van der Waals surface area (Å²) in [7, 11) is 0. The summed E-state index contributed by atoms with van der Waals surface area (Å²) in [4.78, 5) is 33.4. The standard InChI is InChI=1S/C27H24FN5O2/c28-23-7-3-4-8-24(23)31-27(35)33-15-13-32(14-16-33)25-12-11-22(18-29-25)30-26(34)21-10-9-19-5-1-2-6-20(19)17-21/h1-12,17-18H,13-16H2,(H,30,34)(H,31,35). The van der Waals surface area contributed by atoms with Crippen LogP contribution >= 0.6 is 0 Å². The number of carbonyl (C=O) groups is 2. The normalized spacial score (nSPS) is 13.5. The first-order valence-electron chi connectivity index (χ1n) is 11.4. The van der Waals surface area contributed by atoms with Crippen LogP contribution in [0.1, 0.15) is 10.4 Å². The van der Waals surface area contributed by atoms with Crippen LogP contribution in [-0.2, 0) is 0 Å². The first-order chi connectivity index (χ1) is 17.1. The molecule has 1 saturated heterocycles. The summed E-state index contributed by atoms with van der Waals surface area (Å²) >= 11 is 0. The molecule has 3 amide bonds. The summed E-state index contributed by atoms with van der Waals surface area (Å²) in [5, 5.41) is 7.60. The van der Waals surface area contributed by atoms with Gasteiger partial charge in [-0.25, -0.2) is 14.2 Å². The number of pyridine rings is 1. The highest BCUT2D eigenvalue weighted by Gasteiger charge is 2.22. The lowest BCUT2D eigenvalue weighted by molar-refractivity contribution is 0.102. The van der Waals surface area contributed by atoms with Crippen LogP contribution in [0.15, 0.2) is 85.1 Å². The monoisotopic (exact) mass is 469 g/mol. The third-order valence-electron chi connectivity index (χ3n) is 6.02. The highest BCUT2D eigenvalue weighted by atomic mass is 19.1. The molecule has 1 fully saturated rings. The average molecular weight is 470 g/mol. The van der Waals surface area contributed by atoms with Crippen LogP contribution in [0.5, 0.6) is 0 Å². The van der Waals surface area contributed by atoms with E-state index in [-0.39, 0.29) is 17.6 Å². The Morgan fingerprint density at radius 2 is 1.54 bits per heavy atom. The van der Waals surface area contributed by atoms with Crippen LogP contribution in [0.3, 0.4) is 0 Å². The second kappa shape index (κ2) is 9.80. The van der Waals surface area contributed by atoms with Gasteiger partial charge in [-0.15, -0.1) is 0 Å². The van der Waals surface area contributed by atoms with E-state index in [0.29, 0.717) is 37.4 Å². The molecule has 4 aromatic rings. The van der Waals surface area contributed by atoms with Gasteiger partial charge in [-0.05, 0) is 47.2 Å². The van der Waals surface area contributed by atoms with Crippen molar-refractivity contribution in [2.45, 2.75) is 0 Å². The zero-order valence-electron chi connectivity index (χ0n) is 18.9. The van der Waals surface area contributed by atoms with Crippen LogP contribution in [0.4, 0.5) is 26.4 Å². The predicted octanol–water partition coefficient (Wildman–Crippen LogP) is 4.98. The number of benzene rings is 3. The summed E-state index contributed by atoms with van der Waals surface area (Å²) in [6.45, 7) is 2.17. The van der Waals surface area contributed by atoms with Crippen molar-refractivity contribution in [1.82, 2.24) is 9.88 Å². The molecule has 176 valence electrons. The number of carbonyl (C=O) groups excluding carboxylic acids is 2. The summed E-state index contributed by atoms with van der Waals surface area (Å²) in [6, 6.07) is 23.0. The van der Waals surface area contributed by atoms with Gasteiger partial charge in [0.05, 0.1) is 17.6 Å². The molecule has 0 radical (unpaired) electrons. The number of nitrogens with zero attached hydrogens (tertiary/aromatic N) is 3. The third kappa shape index (κ3) is 5.06. The molecular weight excluding hydrogens is 445 g/mol. The summed E-state index contributed by atoms with van der Waals surface area (Å²) in [6.07, 6.45) is 1.63. The number of hydrogen-bond donors (Lipinski definition) is 2. The Balaban J connectivity index is 1.16. The Hall–Kier alpha value is -4.46. The molecule has 5 rings (SSSR count). The number of rotatable bonds is 4. The maximum atomic E-state index is 13.8. The Morgan fingerprint density at radius 3 is 2.29 bits per heavy atom. The van der Waals surface area contributed by atoms with E-state index >= 15 is 0 Å². The van der Waals surface area contributed by atoms with Crippen LogP contribution in [0, 0.1) is 5.82 Å². The number of urea groups is 1. The minimum atomic E-state index is -0.462. The highest BCUT2D eigenvalue weighted by molar-refractivity contribution is 6.06. The van der Waals surface area contributed by atoms with Crippen molar-refractivity contribution < 1.29 is 14.0 Å². The molecule has 0 saturated carbocycles. The van der Waals surface area contributed by atoms with E-state index in [2.05, 4.69) is 20.5 Å². The molecule has 1 aliphatic rings. The first-order valence-corrected chi connectivity index (χ1v) is 11.4. The summed E-state index contributed by atoms with van der Waals surface area (Å²) in [5.74, 6) is 0.110. The second-order valence-electron chi connectivity index (χ2n) is 8.31. The fourth-order valence-electron chi connectivity index (χ4n) is 4.08. The molecule has 7 nitrogen and oxygen atoms in total. The predicted molar refractivity (Wildman–Crippen MR) is 135 cm³/mol. The first kappa shape index (κ1) is 22.3. The number of fused-ring (bicyclic) bond motifs is 1. The van der Waals surface area contributed by atoms with Gasteiger partial charge in [0.15, 0.2) is 0 Å². The summed E-state index contributed by atoms with van der Waals surface area (Å²) in [5.41, 5.74) is 1.36. The van der Waals surface area contributed by atoms with E-state index in [1.807, 2.05) is 48.5 Å². The SMILES string of the molecule is O=C(Nc1ccc(N2CCN(C(=O)Nc3ccccc3F)CC2)nc1)c1ccc2ccccc2c1. The molecule has 3 aromatic carbocycles. The van der Waals surface area contributed by atoms with E-state index in [0.717, 1.165) is 16.6 Å². The molecule has 8 heteroatoms. The molecule has 2 heterocycles. The van der Waals surface area contributed by atoms with Gasteiger partial charge in [0.25, 0.3) is 5.91 Å². The molecule has 0 spiro atoms. The Bertz CT molecular complexity index is 1370. The largest absolute Gasteiger partial charge is 0.353 e. The molecular formula is C27H24FN5O2. The second-order valence-corrected chi connectivity index (χ2v) is 8.31. The fraction of sp³-hybridized carbons (Fsp3) is 0.148. The number of para-hydroxylation sites is 1. The number of anilines is 3. The molecule has 35 heavy (non-hydrogen) atoms. The molecule has 0 bridgehead atoms. The van der Waals surface area contributed by atoms with E-state index in [1.54, 1.807) is 29.3 Å². The Kier molecular flexibility index (Phi) is 6.26. The van der Waals surface area contributed by atoms with Crippen molar-refractivity contribution in [2.75, 3.05) is 41.7 Å². The van der Waals surface area contributed by atoms with Gasteiger partial charge < -0.3 is 20.4 Å². The van der Waals surface area contributed by atoms with E-state index in [4.69, 9.17) is 0 Å². The van der Waals surface area contributed by atoms with Crippen LogP contribution in [0.25, 0.3) is 10.8 Å². The average Bonchev–Trinajstić information content (AvgIpc) is 2.90. The zero-order chi connectivity index (χ0) is 24.2. The topological polar surface area (TPSA) is 77.6 Å². The van der Waals surface area contributed by atoms with Gasteiger partial charge >= 0.3 is 6.03 Å². The van der Waals surface area contributed by atoms with Crippen molar-refractivity contribution in [3.8, 4) is 0 Å². The number of piperazine rings is 1. The number of nitrogens with one attached hydrogen (secondary N) is 2. The third-order valence-corrected chi connectivity index (χ3v) is 6.02. The van der Waals surface area contributed by atoms with Gasteiger partial charge in [-0.1, -0.05) is 42.5 Å². The molecule has 0 aliphatic carbocycles. The highest BCUT2D eigenvalue weighted by Crippen LogP contribution is 2.20. The van der Waals surface area contributed by atoms with Crippen molar-refractivity contribution in [2.24, 2.45) is 0 Å². The lowest BCUT2D eigenvalue weighted by Gasteiger charge is -2.35. The van der Waals surface area contributed by atoms with E-state index in [1.165, 1.54) is 12.1 Å². The van der Waals surface area contributed by atoms with Gasteiger partial charge in [-0.2, -0.15) is 0 Å². The van der Waals surface area contributed by atoms with E-state index in [9.17, 15) is 14.0 Å². The molecule has 0 unspecified atom stereocenters. The Labute approximate surface area is 202 Å². The number of hydrogen-bond acceptors (Lipinski definition) is 4. The maximum Gasteiger partial charge on any atom is 0.322 e. The maximum absolute atomic E-state index is 13.8. The minimum Gasteiger partial charge on any atom is -0.353 e. The van der Waals surface area contributed by atoms with E-state index < -0.39 is 5.82 Å². The number of halogens is 1. The zero-order valence-corrected chi connectivity index (χ0v) is 18.9. The molecule has 1 aromatic heterocycles. The van der Waals surface area contributed by atoms with Crippen molar-refractivity contribution in [3.05, 3.63) is 96.4 Å². The van der Waals surface area contributed by atoms with Gasteiger partial charge in [0.1, 0.15) is 11.6 Å². The van der Waals surface area contributed by atoms with Crippen molar-refractivity contribution >= 4 is 39.9 Å². The summed E-state index contributed by atoms with van der Waals surface area (Å²) < 4.78 is 13.8. The van der Waals surface area contributed by atoms with Crippen LogP contribution in [0.2, 0.25) is 0 Å². The number of amides is 3. The number of aromatic nitrogens is 1.